The first kappa shape index (κ1) is 8.98. The first-order valence-corrected chi connectivity index (χ1v) is 4.06. The lowest BCUT2D eigenvalue weighted by atomic mass is 10.8. The summed E-state index contributed by atoms with van der Waals surface area (Å²) in [7, 11) is -2.20. The third-order valence-corrected chi connectivity index (χ3v) is 1.68. The second kappa shape index (κ2) is 4.82. The van der Waals surface area contributed by atoms with Crippen LogP contribution in [-0.2, 0) is 4.57 Å². The van der Waals surface area contributed by atoms with Crippen LogP contribution in [0.3, 0.4) is 0 Å². The Hall–Kier alpha value is -0.0200. The normalized spacial score (nSPS) is 12.2. The molecule has 0 amide bonds. The van der Waals surface area contributed by atoms with E-state index in [0.29, 0.717) is 13.1 Å². The summed E-state index contributed by atoms with van der Waals surface area (Å²) >= 11 is 0. The third-order valence-electron chi connectivity index (χ3n) is 0.847. The van der Waals surface area contributed by atoms with Crippen molar-refractivity contribution in [3.05, 3.63) is 0 Å². The molecule has 1 radical (unpaired) electrons. The number of hydrogen-bond acceptors (Lipinski definition) is 2. The van der Waals surface area contributed by atoms with Crippen LogP contribution in [-0.4, -0.2) is 22.8 Å². The summed E-state index contributed by atoms with van der Waals surface area (Å²) in [6.45, 7) is 4.91. The molecule has 0 saturated heterocycles. The van der Waals surface area contributed by atoms with Crippen LogP contribution in [0, 0.1) is 0 Å². The smallest absolute Gasteiger partial charge is 0.307 e. The molecule has 0 aliphatic rings. The molecule has 0 aromatic rings. The highest BCUT2D eigenvalue weighted by molar-refractivity contribution is 7.35. The molecular weight excluding hydrogens is 139 g/mol. The van der Waals surface area contributed by atoms with Gasteiger partial charge in [-0.3, -0.25) is 0 Å². The number of rotatable bonds is 4. The second-order valence-electron chi connectivity index (χ2n) is 1.48. The molecule has 0 saturated carbocycles. The molecule has 0 aromatic heterocycles. The van der Waals surface area contributed by atoms with Gasteiger partial charge in [0.05, 0.1) is 0 Å². The summed E-state index contributed by atoms with van der Waals surface area (Å²) in [5.74, 6) is 0. The molecule has 0 rings (SSSR count). The minimum atomic E-state index is -2.20. The summed E-state index contributed by atoms with van der Waals surface area (Å²) in [5.41, 5.74) is 2.73. The van der Waals surface area contributed by atoms with Gasteiger partial charge in [-0.2, -0.15) is 0 Å². The van der Waals surface area contributed by atoms with Crippen molar-refractivity contribution in [2.24, 2.45) is 0 Å². The molecule has 0 aromatic carbocycles. The Bertz CT molecular complexity index is 98.6. The van der Waals surface area contributed by atoms with Crippen molar-refractivity contribution in [2.75, 3.05) is 13.1 Å². The molecular formula is C4H12N2O2P. The molecule has 0 aliphatic heterocycles. The fourth-order valence-corrected chi connectivity index (χ4v) is 0.980. The van der Waals surface area contributed by atoms with Gasteiger partial charge in [0, 0.05) is 13.1 Å². The van der Waals surface area contributed by atoms with Crippen LogP contribution in [0.5, 0.6) is 0 Å². The first-order valence-electron chi connectivity index (χ1n) is 2.89. The van der Waals surface area contributed by atoms with Gasteiger partial charge >= 0.3 is 8.18 Å². The fraction of sp³-hybridized carbons (Fsp3) is 1.00. The Morgan fingerprint density at radius 3 is 2.33 bits per heavy atom. The molecule has 0 fully saturated rings. The lowest BCUT2D eigenvalue weighted by Gasteiger charge is -2.13. The van der Waals surface area contributed by atoms with Gasteiger partial charge in [0.25, 0.3) is 0 Å². The van der Waals surface area contributed by atoms with Gasteiger partial charge in [0.1, 0.15) is 0 Å². The Kier molecular flexibility index (Phi) is 4.81. The van der Waals surface area contributed by atoms with Gasteiger partial charge in [-0.15, -0.1) is 4.78 Å². The second-order valence-corrected chi connectivity index (χ2v) is 2.47. The van der Waals surface area contributed by atoms with E-state index in [1.54, 1.807) is 0 Å². The van der Waals surface area contributed by atoms with Gasteiger partial charge in [0.2, 0.25) is 0 Å². The molecule has 4 nitrogen and oxygen atoms in total. The number of nitrogens with one attached hydrogen (secondary N) is 1. The number of nitrogens with zero attached hydrogens (tertiary/aromatic N) is 1. The highest BCUT2D eigenvalue weighted by Gasteiger charge is 2.04. The summed E-state index contributed by atoms with van der Waals surface area (Å²) < 4.78 is 11.6. The van der Waals surface area contributed by atoms with Gasteiger partial charge < -0.3 is 4.89 Å². The Morgan fingerprint density at radius 2 is 2.22 bits per heavy atom. The topological polar surface area (TPSA) is 52.6 Å². The number of hydrogen-bond donors (Lipinski definition) is 2. The molecule has 1 unspecified atom stereocenters. The average molecular weight is 151 g/mol. The van der Waals surface area contributed by atoms with Crippen molar-refractivity contribution in [3.63, 3.8) is 0 Å². The fourth-order valence-electron chi connectivity index (χ4n) is 0.476. The maximum absolute atomic E-state index is 10.3. The van der Waals surface area contributed by atoms with Crippen LogP contribution < -0.4 is 5.43 Å². The lowest BCUT2D eigenvalue weighted by Crippen LogP contribution is -2.31. The first-order chi connectivity index (χ1) is 4.22. The van der Waals surface area contributed by atoms with E-state index in [1.165, 1.54) is 4.78 Å². The van der Waals surface area contributed by atoms with Crippen LogP contribution in [0.1, 0.15) is 13.8 Å². The zero-order valence-electron chi connectivity index (χ0n) is 5.66. The molecule has 0 bridgehead atoms. The Morgan fingerprint density at radius 1 is 1.67 bits per heavy atom. The Balaban J connectivity index is 3.54. The van der Waals surface area contributed by atoms with Crippen molar-refractivity contribution >= 4 is 8.18 Å². The monoisotopic (exact) mass is 151 g/mol. The molecule has 0 aliphatic carbocycles. The van der Waals surface area contributed by atoms with E-state index in [0.717, 1.165) is 0 Å². The minimum Gasteiger partial charge on any atom is -0.307 e. The highest BCUT2D eigenvalue weighted by Crippen LogP contribution is 2.16. The van der Waals surface area contributed by atoms with E-state index in [4.69, 9.17) is 4.89 Å². The van der Waals surface area contributed by atoms with Crippen LogP contribution in [0.2, 0.25) is 0 Å². The van der Waals surface area contributed by atoms with E-state index in [-0.39, 0.29) is 0 Å². The predicted octanol–water partition coefficient (Wildman–Crippen LogP) is 0.482. The van der Waals surface area contributed by atoms with Crippen LogP contribution in [0.25, 0.3) is 0 Å². The maximum atomic E-state index is 10.3. The predicted molar refractivity (Wildman–Crippen MR) is 35.9 cm³/mol. The SMILES string of the molecule is CCNN(CC)[P](=O)O. The van der Waals surface area contributed by atoms with Gasteiger partial charge in [-0.1, -0.05) is 13.8 Å². The van der Waals surface area contributed by atoms with Crippen LogP contribution in [0.15, 0.2) is 0 Å². The molecule has 5 heteroatoms. The van der Waals surface area contributed by atoms with E-state index >= 15 is 0 Å². The van der Waals surface area contributed by atoms with Gasteiger partial charge in [0.15, 0.2) is 0 Å². The summed E-state index contributed by atoms with van der Waals surface area (Å²) in [6.07, 6.45) is 0. The largest absolute Gasteiger partial charge is 0.309 e. The standard InChI is InChI=1S/C4H12N2O2P/c1-3-5-6(4-2)9(7)8/h5H,3-4H2,1-2H3,(H,7,8). The average Bonchev–Trinajstić information content (AvgIpc) is 1.82. The molecule has 55 valence electrons. The molecule has 1 atom stereocenters. The zero-order valence-corrected chi connectivity index (χ0v) is 6.56. The molecule has 0 spiro atoms. The third kappa shape index (κ3) is 3.54. The van der Waals surface area contributed by atoms with Crippen molar-refractivity contribution in [2.45, 2.75) is 13.8 Å². The van der Waals surface area contributed by atoms with Crippen LogP contribution >= 0.6 is 8.18 Å². The van der Waals surface area contributed by atoms with Crippen LogP contribution in [0.4, 0.5) is 0 Å². The molecule has 9 heavy (non-hydrogen) atoms. The van der Waals surface area contributed by atoms with Crippen molar-refractivity contribution in [1.82, 2.24) is 10.2 Å². The van der Waals surface area contributed by atoms with E-state index in [2.05, 4.69) is 5.43 Å². The number of hydrazine groups is 1. The lowest BCUT2D eigenvalue weighted by molar-refractivity contribution is 0.308. The van der Waals surface area contributed by atoms with E-state index in [9.17, 15) is 4.57 Å². The van der Waals surface area contributed by atoms with Gasteiger partial charge in [-0.25, -0.2) is 9.99 Å². The van der Waals surface area contributed by atoms with Crippen molar-refractivity contribution in [1.29, 1.82) is 0 Å². The van der Waals surface area contributed by atoms with E-state index in [1.807, 2.05) is 13.8 Å². The maximum Gasteiger partial charge on any atom is 0.309 e. The summed E-state index contributed by atoms with van der Waals surface area (Å²) in [6, 6.07) is 0. The Labute approximate surface area is 55.8 Å². The van der Waals surface area contributed by atoms with Crippen molar-refractivity contribution in [3.8, 4) is 0 Å². The molecule has 0 heterocycles. The van der Waals surface area contributed by atoms with Crippen molar-refractivity contribution < 1.29 is 9.46 Å². The summed E-state index contributed by atoms with van der Waals surface area (Å²) in [4.78, 5) is 8.52. The minimum absolute atomic E-state index is 0.541. The van der Waals surface area contributed by atoms with Gasteiger partial charge in [-0.05, 0) is 0 Å². The highest BCUT2D eigenvalue weighted by atomic mass is 31.1. The zero-order chi connectivity index (χ0) is 7.28. The van der Waals surface area contributed by atoms with E-state index < -0.39 is 8.18 Å². The quantitative estimate of drug-likeness (QED) is 0.453. The summed E-state index contributed by atoms with van der Waals surface area (Å²) in [5, 5.41) is 0. The molecule has 2 N–H and O–H groups in total.